The highest BCUT2D eigenvalue weighted by Crippen LogP contribution is 2.38. The van der Waals surface area contributed by atoms with E-state index in [-0.39, 0.29) is 35.6 Å². The predicted octanol–water partition coefficient (Wildman–Crippen LogP) is 2.67. The van der Waals surface area contributed by atoms with Gasteiger partial charge in [-0.25, -0.2) is 0 Å². The third-order valence-corrected chi connectivity index (χ3v) is 3.16. The number of carbonyl (C=O) groups is 2. The van der Waals surface area contributed by atoms with Gasteiger partial charge in [-0.1, -0.05) is 6.92 Å². The Morgan fingerprint density at radius 2 is 1.90 bits per heavy atom. The molecule has 1 saturated carbocycles. The van der Waals surface area contributed by atoms with Gasteiger partial charge in [-0.05, 0) is 36.6 Å². The van der Waals surface area contributed by atoms with E-state index in [1.165, 1.54) is 24.3 Å². The van der Waals surface area contributed by atoms with Crippen molar-refractivity contribution in [3.8, 4) is 5.75 Å². The van der Waals surface area contributed by atoms with Gasteiger partial charge in [0, 0.05) is 5.56 Å². The first kappa shape index (κ1) is 14.4. The molecule has 2 rings (SSSR count). The standard InChI is InChI=1S/C14H14F2O4/c1-8-6-11(8)13(18)19-7-12(17)9-2-4-10(5-3-9)20-14(15)16/h2-5,8,11,14H,6-7H2,1H3. The monoisotopic (exact) mass is 284 g/mol. The van der Waals surface area contributed by atoms with Crippen LogP contribution in [0.5, 0.6) is 5.75 Å². The van der Waals surface area contributed by atoms with Crippen LogP contribution in [-0.4, -0.2) is 25.0 Å². The van der Waals surface area contributed by atoms with E-state index in [9.17, 15) is 18.4 Å². The molecule has 0 spiro atoms. The molecule has 1 aromatic rings. The zero-order valence-electron chi connectivity index (χ0n) is 10.8. The molecule has 20 heavy (non-hydrogen) atoms. The summed E-state index contributed by atoms with van der Waals surface area (Å²) in [5.74, 6) is -0.535. The molecule has 2 atom stereocenters. The van der Waals surface area contributed by atoms with Gasteiger partial charge in [0.05, 0.1) is 5.92 Å². The number of ether oxygens (including phenoxy) is 2. The SMILES string of the molecule is CC1CC1C(=O)OCC(=O)c1ccc(OC(F)F)cc1. The van der Waals surface area contributed by atoms with Crippen LogP contribution in [-0.2, 0) is 9.53 Å². The highest BCUT2D eigenvalue weighted by molar-refractivity contribution is 5.98. The normalized spacial score (nSPS) is 20.6. The molecule has 0 saturated heterocycles. The average Bonchev–Trinajstić information content (AvgIpc) is 3.13. The number of carbonyl (C=O) groups excluding carboxylic acids is 2. The van der Waals surface area contributed by atoms with Crippen molar-refractivity contribution >= 4 is 11.8 Å². The van der Waals surface area contributed by atoms with Crippen LogP contribution in [0, 0.1) is 11.8 Å². The van der Waals surface area contributed by atoms with Gasteiger partial charge in [0.1, 0.15) is 5.75 Å². The Kier molecular flexibility index (Phi) is 4.32. The first-order valence-electron chi connectivity index (χ1n) is 6.22. The highest BCUT2D eigenvalue weighted by Gasteiger charge is 2.40. The van der Waals surface area contributed by atoms with Gasteiger partial charge < -0.3 is 9.47 Å². The Bertz CT molecular complexity index is 498. The molecule has 0 radical (unpaired) electrons. The minimum Gasteiger partial charge on any atom is -0.457 e. The second-order valence-corrected chi connectivity index (χ2v) is 4.75. The smallest absolute Gasteiger partial charge is 0.387 e. The molecule has 0 bridgehead atoms. The van der Waals surface area contributed by atoms with E-state index < -0.39 is 6.61 Å². The molecule has 4 nitrogen and oxygen atoms in total. The van der Waals surface area contributed by atoms with Crippen molar-refractivity contribution in [2.75, 3.05) is 6.61 Å². The first-order valence-corrected chi connectivity index (χ1v) is 6.22. The summed E-state index contributed by atoms with van der Waals surface area (Å²) in [5.41, 5.74) is 0.281. The molecule has 1 aliphatic rings. The molecule has 0 aromatic heterocycles. The predicted molar refractivity (Wildman–Crippen MR) is 65.6 cm³/mol. The van der Waals surface area contributed by atoms with Gasteiger partial charge in [0.15, 0.2) is 12.4 Å². The van der Waals surface area contributed by atoms with Crippen molar-refractivity contribution in [1.82, 2.24) is 0 Å². The van der Waals surface area contributed by atoms with E-state index in [0.717, 1.165) is 6.42 Å². The van der Waals surface area contributed by atoms with Crippen LogP contribution in [0.15, 0.2) is 24.3 Å². The highest BCUT2D eigenvalue weighted by atomic mass is 19.3. The lowest BCUT2D eigenvalue weighted by Crippen LogP contribution is -2.15. The molecule has 1 aliphatic carbocycles. The molecule has 0 amide bonds. The van der Waals surface area contributed by atoms with E-state index in [2.05, 4.69) is 4.74 Å². The van der Waals surface area contributed by atoms with E-state index in [1.807, 2.05) is 6.92 Å². The molecular formula is C14H14F2O4. The second-order valence-electron chi connectivity index (χ2n) is 4.75. The van der Waals surface area contributed by atoms with Crippen LogP contribution in [0.2, 0.25) is 0 Å². The lowest BCUT2D eigenvalue weighted by Gasteiger charge is -2.06. The molecule has 1 aromatic carbocycles. The number of rotatable bonds is 6. The fourth-order valence-electron chi connectivity index (χ4n) is 1.80. The maximum absolute atomic E-state index is 12.0. The summed E-state index contributed by atoms with van der Waals surface area (Å²) in [4.78, 5) is 23.2. The van der Waals surface area contributed by atoms with Crippen LogP contribution < -0.4 is 4.74 Å². The summed E-state index contributed by atoms with van der Waals surface area (Å²) in [6.45, 7) is -1.30. The third kappa shape index (κ3) is 3.76. The minimum atomic E-state index is -2.90. The van der Waals surface area contributed by atoms with Crippen molar-refractivity contribution in [2.45, 2.75) is 20.0 Å². The Morgan fingerprint density at radius 3 is 2.40 bits per heavy atom. The number of esters is 1. The zero-order chi connectivity index (χ0) is 14.7. The number of alkyl halides is 2. The topological polar surface area (TPSA) is 52.6 Å². The Morgan fingerprint density at radius 1 is 1.30 bits per heavy atom. The van der Waals surface area contributed by atoms with Gasteiger partial charge in [-0.15, -0.1) is 0 Å². The van der Waals surface area contributed by atoms with Gasteiger partial charge in [-0.2, -0.15) is 8.78 Å². The van der Waals surface area contributed by atoms with Crippen molar-refractivity contribution in [1.29, 1.82) is 0 Å². The summed E-state index contributed by atoms with van der Waals surface area (Å²) < 4.78 is 33.0. The maximum atomic E-state index is 12.0. The van der Waals surface area contributed by atoms with Gasteiger partial charge in [0.25, 0.3) is 0 Å². The number of ketones is 1. The van der Waals surface area contributed by atoms with Crippen LogP contribution >= 0.6 is 0 Å². The van der Waals surface area contributed by atoms with E-state index in [0.29, 0.717) is 5.92 Å². The number of halogens is 2. The number of hydrogen-bond acceptors (Lipinski definition) is 4. The number of benzene rings is 1. The largest absolute Gasteiger partial charge is 0.457 e. The molecule has 0 heterocycles. The van der Waals surface area contributed by atoms with Gasteiger partial charge in [0.2, 0.25) is 0 Å². The summed E-state index contributed by atoms with van der Waals surface area (Å²) >= 11 is 0. The van der Waals surface area contributed by atoms with E-state index in [1.54, 1.807) is 0 Å². The molecule has 0 N–H and O–H groups in total. The van der Waals surface area contributed by atoms with Gasteiger partial charge in [-0.3, -0.25) is 9.59 Å². The second kappa shape index (κ2) is 5.98. The Balaban J connectivity index is 1.84. The van der Waals surface area contributed by atoms with E-state index >= 15 is 0 Å². The summed E-state index contributed by atoms with van der Waals surface area (Å²) in [6.07, 6.45) is 0.798. The number of hydrogen-bond donors (Lipinski definition) is 0. The lowest BCUT2D eigenvalue weighted by molar-refractivity contribution is -0.144. The molecule has 108 valence electrons. The van der Waals surface area contributed by atoms with Crippen LogP contribution in [0.1, 0.15) is 23.7 Å². The fourth-order valence-corrected chi connectivity index (χ4v) is 1.80. The quantitative estimate of drug-likeness (QED) is 0.595. The van der Waals surface area contributed by atoms with Crippen molar-refractivity contribution in [2.24, 2.45) is 11.8 Å². The summed E-state index contributed by atoms with van der Waals surface area (Å²) in [5, 5.41) is 0. The third-order valence-electron chi connectivity index (χ3n) is 3.16. The van der Waals surface area contributed by atoms with Crippen LogP contribution in [0.4, 0.5) is 8.78 Å². The van der Waals surface area contributed by atoms with Crippen LogP contribution in [0.3, 0.4) is 0 Å². The molecule has 1 fully saturated rings. The Labute approximate surface area is 114 Å². The molecule has 6 heteroatoms. The lowest BCUT2D eigenvalue weighted by atomic mass is 10.1. The van der Waals surface area contributed by atoms with Crippen molar-refractivity contribution in [3.63, 3.8) is 0 Å². The zero-order valence-corrected chi connectivity index (χ0v) is 10.8. The summed E-state index contributed by atoms with van der Waals surface area (Å²) in [7, 11) is 0. The van der Waals surface area contributed by atoms with Crippen molar-refractivity contribution in [3.05, 3.63) is 29.8 Å². The molecule has 0 aliphatic heterocycles. The van der Waals surface area contributed by atoms with Crippen molar-refractivity contribution < 1.29 is 27.8 Å². The van der Waals surface area contributed by atoms with E-state index in [4.69, 9.17) is 4.74 Å². The Hall–Kier alpha value is -1.98. The summed E-state index contributed by atoms with van der Waals surface area (Å²) in [6, 6.07) is 5.25. The maximum Gasteiger partial charge on any atom is 0.387 e. The fraction of sp³-hybridized carbons (Fsp3) is 0.429. The van der Waals surface area contributed by atoms with Gasteiger partial charge >= 0.3 is 12.6 Å². The minimum absolute atomic E-state index is 0.0275. The number of Topliss-reactive ketones (excluding diaryl/α,β-unsaturated/α-hetero) is 1. The van der Waals surface area contributed by atoms with Crippen LogP contribution in [0.25, 0.3) is 0 Å². The first-order chi connectivity index (χ1) is 9.47. The average molecular weight is 284 g/mol. The molecule has 2 unspecified atom stereocenters. The molecular weight excluding hydrogens is 270 g/mol.